The van der Waals surface area contributed by atoms with Crippen molar-refractivity contribution in [3.05, 3.63) is 0 Å². The molecule has 1 fully saturated rings. The summed E-state index contributed by atoms with van der Waals surface area (Å²) in [5.41, 5.74) is 0. The van der Waals surface area contributed by atoms with Gasteiger partial charge in [0.2, 0.25) is 0 Å². The zero-order valence-corrected chi connectivity index (χ0v) is 9.50. The van der Waals surface area contributed by atoms with Crippen molar-refractivity contribution in [1.82, 2.24) is 0 Å². The number of rotatable bonds is 5. The molecule has 2 heteroatoms. The van der Waals surface area contributed by atoms with Crippen LogP contribution in [-0.2, 0) is 4.43 Å². The highest BCUT2D eigenvalue weighted by atomic mass is 28.3. The van der Waals surface area contributed by atoms with Crippen molar-refractivity contribution in [3.63, 3.8) is 0 Å². The molecule has 0 amide bonds. The van der Waals surface area contributed by atoms with Gasteiger partial charge >= 0.3 is 0 Å². The van der Waals surface area contributed by atoms with Crippen LogP contribution in [0.4, 0.5) is 0 Å². The minimum Gasteiger partial charge on any atom is -0.420 e. The first-order valence-corrected chi connectivity index (χ1v) is 7.65. The molecule has 0 bridgehead atoms. The molecule has 0 spiro atoms. The Hall–Kier alpha value is 0.177. The third-order valence-corrected chi connectivity index (χ3v) is 5.47. The largest absolute Gasteiger partial charge is 0.420 e. The maximum Gasteiger partial charge on any atom is 0.176 e. The van der Waals surface area contributed by atoms with Gasteiger partial charge in [-0.25, -0.2) is 0 Å². The summed E-state index contributed by atoms with van der Waals surface area (Å²) in [6, 6.07) is 2.90. The second-order valence-electron chi connectivity index (χ2n) is 3.84. The Kier molecular flexibility index (Phi) is 5.70. The van der Waals surface area contributed by atoms with Crippen molar-refractivity contribution in [2.24, 2.45) is 0 Å². The lowest BCUT2D eigenvalue weighted by molar-refractivity contribution is 0.301. The van der Waals surface area contributed by atoms with Crippen LogP contribution in [0, 0.1) is 0 Å². The molecule has 12 heavy (non-hydrogen) atoms. The van der Waals surface area contributed by atoms with Gasteiger partial charge in [0.15, 0.2) is 9.04 Å². The molecule has 1 aliphatic heterocycles. The minimum atomic E-state index is -0.669. The number of hydrogen-bond donors (Lipinski definition) is 0. The van der Waals surface area contributed by atoms with E-state index in [4.69, 9.17) is 4.43 Å². The molecular weight excluding hydrogens is 164 g/mol. The minimum absolute atomic E-state index is 0.669. The van der Waals surface area contributed by atoms with Gasteiger partial charge in [0.1, 0.15) is 0 Å². The van der Waals surface area contributed by atoms with Crippen LogP contribution in [0.5, 0.6) is 0 Å². The second-order valence-corrected chi connectivity index (χ2v) is 6.57. The molecule has 0 aliphatic carbocycles. The zero-order chi connectivity index (χ0) is 8.65. The summed E-state index contributed by atoms with van der Waals surface area (Å²) < 4.78 is 5.92. The van der Waals surface area contributed by atoms with E-state index >= 15 is 0 Å². The Balaban J connectivity index is 1.91. The Morgan fingerprint density at radius 1 is 1.08 bits per heavy atom. The smallest absolute Gasteiger partial charge is 0.176 e. The molecule has 0 aromatic rings. The van der Waals surface area contributed by atoms with E-state index in [1.54, 1.807) is 0 Å². The Bertz CT molecular complexity index is 100. The van der Waals surface area contributed by atoms with Crippen molar-refractivity contribution in [3.8, 4) is 0 Å². The lowest BCUT2D eigenvalue weighted by atomic mass is 10.3. The second kappa shape index (κ2) is 6.67. The van der Waals surface area contributed by atoms with Gasteiger partial charge in [0, 0.05) is 6.61 Å². The average Bonchev–Trinajstić information content (AvgIpc) is 2.14. The van der Waals surface area contributed by atoms with E-state index in [-0.39, 0.29) is 0 Å². The monoisotopic (exact) mass is 186 g/mol. The third-order valence-electron chi connectivity index (χ3n) is 2.65. The molecule has 1 saturated heterocycles. The van der Waals surface area contributed by atoms with E-state index in [2.05, 4.69) is 6.92 Å². The molecule has 72 valence electrons. The molecule has 0 aromatic heterocycles. The van der Waals surface area contributed by atoms with Crippen LogP contribution in [0.1, 0.15) is 45.4 Å². The fraction of sp³-hybridized carbons (Fsp3) is 1.00. The van der Waals surface area contributed by atoms with Crippen LogP contribution >= 0.6 is 0 Å². The van der Waals surface area contributed by atoms with Gasteiger partial charge in [0.05, 0.1) is 0 Å². The first kappa shape index (κ1) is 10.3. The molecule has 0 aromatic carbocycles. The van der Waals surface area contributed by atoms with Gasteiger partial charge in [-0.2, -0.15) is 0 Å². The van der Waals surface area contributed by atoms with E-state index in [1.165, 1.54) is 50.6 Å². The highest BCUT2D eigenvalue weighted by molar-refractivity contribution is 6.52. The molecule has 0 unspecified atom stereocenters. The van der Waals surface area contributed by atoms with Gasteiger partial charge in [-0.3, -0.25) is 0 Å². The highest BCUT2D eigenvalue weighted by Gasteiger charge is 2.15. The Morgan fingerprint density at radius 2 is 1.83 bits per heavy atom. The van der Waals surface area contributed by atoms with Crippen LogP contribution in [0.2, 0.25) is 12.1 Å². The molecule has 1 rings (SSSR count). The molecule has 0 atom stereocenters. The fourth-order valence-electron chi connectivity index (χ4n) is 1.83. The zero-order valence-electron chi connectivity index (χ0n) is 8.35. The summed E-state index contributed by atoms with van der Waals surface area (Å²) in [4.78, 5) is 0. The normalized spacial score (nSPS) is 19.8. The summed E-state index contributed by atoms with van der Waals surface area (Å²) in [6.45, 7) is 3.31. The third kappa shape index (κ3) is 4.26. The van der Waals surface area contributed by atoms with Crippen LogP contribution in [0.3, 0.4) is 0 Å². The summed E-state index contributed by atoms with van der Waals surface area (Å²) in [6.07, 6.45) is 8.31. The van der Waals surface area contributed by atoms with Gasteiger partial charge in [-0.05, 0) is 18.5 Å². The van der Waals surface area contributed by atoms with Gasteiger partial charge in [-0.1, -0.05) is 39.0 Å². The molecule has 0 N–H and O–H groups in total. The molecule has 1 heterocycles. The van der Waals surface area contributed by atoms with Crippen molar-refractivity contribution in [1.29, 1.82) is 0 Å². The van der Waals surface area contributed by atoms with Crippen molar-refractivity contribution in [2.75, 3.05) is 6.61 Å². The molecule has 1 nitrogen and oxygen atoms in total. The van der Waals surface area contributed by atoms with Crippen LogP contribution in [0.15, 0.2) is 0 Å². The first-order valence-electron chi connectivity index (χ1n) is 5.55. The van der Waals surface area contributed by atoms with E-state index in [9.17, 15) is 0 Å². The predicted molar refractivity (Wildman–Crippen MR) is 56.1 cm³/mol. The standard InChI is InChI=1S/C10H22OSi/c1-2-3-5-8-11-12-9-6-4-7-10-12/h12H,2-10H2,1H3. The van der Waals surface area contributed by atoms with Gasteiger partial charge in [-0.15, -0.1) is 0 Å². The fourth-order valence-corrected chi connectivity index (χ4v) is 4.44. The summed E-state index contributed by atoms with van der Waals surface area (Å²) >= 11 is 0. The molecular formula is C10H22OSi. The van der Waals surface area contributed by atoms with Gasteiger partial charge < -0.3 is 4.43 Å². The maximum atomic E-state index is 5.92. The average molecular weight is 186 g/mol. The quantitative estimate of drug-likeness (QED) is 0.473. The van der Waals surface area contributed by atoms with Gasteiger partial charge in [0.25, 0.3) is 0 Å². The van der Waals surface area contributed by atoms with Crippen LogP contribution in [0.25, 0.3) is 0 Å². The predicted octanol–water partition coefficient (Wildman–Crippen LogP) is 3.10. The maximum absolute atomic E-state index is 5.92. The van der Waals surface area contributed by atoms with Crippen LogP contribution < -0.4 is 0 Å². The summed E-state index contributed by atoms with van der Waals surface area (Å²) in [5.74, 6) is 0. The number of unbranched alkanes of at least 4 members (excludes halogenated alkanes) is 2. The topological polar surface area (TPSA) is 9.23 Å². The SMILES string of the molecule is CCCCCO[SiH]1CCCCC1. The molecule has 1 aliphatic rings. The first-order chi connectivity index (χ1) is 5.93. The highest BCUT2D eigenvalue weighted by Crippen LogP contribution is 2.19. The van der Waals surface area contributed by atoms with Crippen LogP contribution in [-0.4, -0.2) is 15.6 Å². The summed E-state index contributed by atoms with van der Waals surface area (Å²) in [5, 5.41) is 0. The summed E-state index contributed by atoms with van der Waals surface area (Å²) in [7, 11) is -0.669. The molecule has 0 saturated carbocycles. The van der Waals surface area contributed by atoms with E-state index in [0.29, 0.717) is 0 Å². The van der Waals surface area contributed by atoms with E-state index in [0.717, 1.165) is 6.61 Å². The Morgan fingerprint density at radius 3 is 2.50 bits per heavy atom. The van der Waals surface area contributed by atoms with Crippen molar-refractivity contribution < 1.29 is 4.43 Å². The van der Waals surface area contributed by atoms with E-state index < -0.39 is 9.04 Å². The van der Waals surface area contributed by atoms with E-state index in [1.807, 2.05) is 0 Å². The number of hydrogen-bond acceptors (Lipinski definition) is 1. The molecule has 0 radical (unpaired) electrons. The Labute approximate surface area is 78.2 Å². The lowest BCUT2D eigenvalue weighted by Crippen LogP contribution is -2.21. The van der Waals surface area contributed by atoms with Crippen molar-refractivity contribution >= 4 is 9.04 Å². The van der Waals surface area contributed by atoms with Crippen molar-refractivity contribution in [2.45, 2.75) is 57.5 Å². The lowest BCUT2D eigenvalue weighted by Gasteiger charge is -2.20.